The molecule has 4 rings (SSSR count). The van der Waals surface area contributed by atoms with Gasteiger partial charge in [-0.1, -0.05) is 11.6 Å². The highest BCUT2D eigenvalue weighted by atomic mass is 35.5. The number of halogens is 1. The number of amides is 2. The SMILES string of the molecule is O=C(CN1C(=O)c2cccnc2Oc2ccc(Cl)cc21)NCC1CCCO1. The average Bonchev–Trinajstić information content (AvgIpc) is 3.16. The van der Waals surface area contributed by atoms with Gasteiger partial charge in [0.05, 0.1) is 11.8 Å². The second-order valence-corrected chi connectivity index (χ2v) is 6.84. The van der Waals surface area contributed by atoms with Gasteiger partial charge in [0.1, 0.15) is 12.1 Å². The summed E-state index contributed by atoms with van der Waals surface area (Å²) in [6.45, 7) is 0.993. The van der Waals surface area contributed by atoms with Crippen molar-refractivity contribution in [1.82, 2.24) is 10.3 Å². The topological polar surface area (TPSA) is 80.8 Å². The summed E-state index contributed by atoms with van der Waals surface area (Å²) in [6.07, 6.45) is 3.50. The summed E-state index contributed by atoms with van der Waals surface area (Å²) >= 11 is 6.11. The molecule has 3 heterocycles. The Morgan fingerprint density at radius 3 is 3.07 bits per heavy atom. The van der Waals surface area contributed by atoms with Crippen LogP contribution in [0.5, 0.6) is 11.6 Å². The molecule has 7 nitrogen and oxygen atoms in total. The van der Waals surface area contributed by atoms with E-state index in [4.69, 9.17) is 21.1 Å². The summed E-state index contributed by atoms with van der Waals surface area (Å²) in [7, 11) is 0. The molecule has 1 atom stereocenters. The molecule has 140 valence electrons. The van der Waals surface area contributed by atoms with Crippen molar-refractivity contribution in [3.8, 4) is 11.6 Å². The van der Waals surface area contributed by atoms with Gasteiger partial charge >= 0.3 is 0 Å². The molecule has 1 aromatic heterocycles. The van der Waals surface area contributed by atoms with Gasteiger partial charge in [0, 0.05) is 24.4 Å². The molecular formula is C19H18ClN3O4. The third-order valence-corrected chi connectivity index (χ3v) is 4.75. The van der Waals surface area contributed by atoms with Gasteiger partial charge in [0.25, 0.3) is 5.91 Å². The van der Waals surface area contributed by atoms with Crippen LogP contribution >= 0.6 is 11.6 Å². The van der Waals surface area contributed by atoms with E-state index in [0.29, 0.717) is 23.0 Å². The maximum Gasteiger partial charge on any atom is 0.264 e. The highest BCUT2D eigenvalue weighted by Gasteiger charge is 2.30. The molecule has 0 spiro atoms. The summed E-state index contributed by atoms with van der Waals surface area (Å²) < 4.78 is 11.3. The first-order valence-electron chi connectivity index (χ1n) is 8.74. The van der Waals surface area contributed by atoms with E-state index in [9.17, 15) is 9.59 Å². The van der Waals surface area contributed by atoms with Gasteiger partial charge in [0.2, 0.25) is 11.8 Å². The fourth-order valence-electron chi connectivity index (χ4n) is 3.17. The van der Waals surface area contributed by atoms with Crippen LogP contribution in [-0.4, -0.2) is 42.6 Å². The number of hydrogen-bond acceptors (Lipinski definition) is 5. The van der Waals surface area contributed by atoms with Crippen molar-refractivity contribution in [2.75, 3.05) is 24.6 Å². The molecule has 2 aromatic rings. The zero-order valence-electron chi connectivity index (χ0n) is 14.5. The Balaban J connectivity index is 1.60. The molecule has 1 unspecified atom stereocenters. The standard InChI is InChI=1S/C19H18ClN3O4/c20-12-5-6-16-15(9-12)23(11-17(24)22-10-13-3-2-8-26-13)19(25)14-4-1-7-21-18(14)27-16/h1,4-7,9,13H,2-3,8,10-11H2,(H,22,24). The van der Waals surface area contributed by atoms with E-state index in [-0.39, 0.29) is 35.9 Å². The Labute approximate surface area is 161 Å². The highest BCUT2D eigenvalue weighted by molar-refractivity contribution is 6.31. The van der Waals surface area contributed by atoms with E-state index in [1.807, 2.05) is 0 Å². The smallest absolute Gasteiger partial charge is 0.264 e. The fraction of sp³-hybridized carbons (Fsp3) is 0.316. The monoisotopic (exact) mass is 387 g/mol. The fourth-order valence-corrected chi connectivity index (χ4v) is 3.34. The van der Waals surface area contributed by atoms with E-state index >= 15 is 0 Å². The van der Waals surface area contributed by atoms with Gasteiger partial charge < -0.3 is 14.8 Å². The summed E-state index contributed by atoms with van der Waals surface area (Å²) in [5.41, 5.74) is 0.717. The number of carbonyl (C=O) groups excluding carboxylic acids is 2. The lowest BCUT2D eigenvalue weighted by Crippen LogP contribution is -2.42. The van der Waals surface area contributed by atoms with Crippen molar-refractivity contribution in [3.63, 3.8) is 0 Å². The molecule has 1 fully saturated rings. The Hall–Kier alpha value is -2.64. The van der Waals surface area contributed by atoms with Crippen LogP contribution in [0.25, 0.3) is 0 Å². The van der Waals surface area contributed by atoms with Crippen LogP contribution in [0.15, 0.2) is 36.5 Å². The minimum Gasteiger partial charge on any atom is -0.436 e. The molecule has 1 aromatic carbocycles. The zero-order valence-corrected chi connectivity index (χ0v) is 15.2. The summed E-state index contributed by atoms with van der Waals surface area (Å²) in [5, 5.41) is 3.27. The number of anilines is 1. The van der Waals surface area contributed by atoms with Crippen LogP contribution in [0.2, 0.25) is 5.02 Å². The van der Waals surface area contributed by atoms with Crippen LogP contribution in [0, 0.1) is 0 Å². The lowest BCUT2D eigenvalue weighted by atomic mass is 10.2. The van der Waals surface area contributed by atoms with E-state index < -0.39 is 0 Å². The molecular weight excluding hydrogens is 370 g/mol. The molecule has 27 heavy (non-hydrogen) atoms. The molecule has 2 aliphatic heterocycles. The Bertz CT molecular complexity index is 883. The number of pyridine rings is 1. The minimum atomic E-state index is -0.369. The minimum absolute atomic E-state index is 0.0313. The maximum absolute atomic E-state index is 13.1. The van der Waals surface area contributed by atoms with Crippen molar-refractivity contribution in [2.45, 2.75) is 18.9 Å². The van der Waals surface area contributed by atoms with E-state index in [1.54, 1.807) is 36.5 Å². The van der Waals surface area contributed by atoms with E-state index in [2.05, 4.69) is 10.3 Å². The second kappa shape index (κ2) is 7.54. The molecule has 1 N–H and O–H groups in total. The summed E-state index contributed by atoms with van der Waals surface area (Å²) in [5.74, 6) is -0.0334. The van der Waals surface area contributed by atoms with E-state index in [1.165, 1.54) is 4.90 Å². The number of rotatable bonds is 4. The number of benzene rings is 1. The number of aromatic nitrogens is 1. The number of nitrogens with one attached hydrogen (secondary N) is 1. The summed E-state index contributed by atoms with van der Waals surface area (Å²) in [6, 6.07) is 8.20. The number of hydrogen-bond donors (Lipinski definition) is 1. The third kappa shape index (κ3) is 3.74. The van der Waals surface area contributed by atoms with Crippen molar-refractivity contribution in [2.24, 2.45) is 0 Å². The molecule has 1 saturated heterocycles. The molecule has 2 amide bonds. The Kier molecular flexibility index (Phi) is 4.96. The van der Waals surface area contributed by atoms with Crippen molar-refractivity contribution < 1.29 is 19.1 Å². The van der Waals surface area contributed by atoms with Gasteiger partial charge in [-0.2, -0.15) is 0 Å². The number of nitrogens with zero attached hydrogens (tertiary/aromatic N) is 2. The molecule has 0 radical (unpaired) electrons. The van der Waals surface area contributed by atoms with Crippen LogP contribution in [0.1, 0.15) is 23.2 Å². The van der Waals surface area contributed by atoms with Gasteiger partial charge in [-0.3, -0.25) is 14.5 Å². The number of ether oxygens (including phenoxy) is 2. The van der Waals surface area contributed by atoms with E-state index in [0.717, 1.165) is 19.4 Å². The summed E-state index contributed by atoms with van der Waals surface area (Å²) in [4.78, 5) is 31.0. The van der Waals surface area contributed by atoms with Crippen molar-refractivity contribution in [3.05, 3.63) is 47.1 Å². The maximum atomic E-state index is 13.1. The number of fused-ring (bicyclic) bond motifs is 2. The van der Waals surface area contributed by atoms with Gasteiger partial charge in [0.15, 0.2) is 5.75 Å². The Morgan fingerprint density at radius 1 is 1.37 bits per heavy atom. The van der Waals surface area contributed by atoms with Crippen LogP contribution in [-0.2, 0) is 9.53 Å². The molecule has 0 bridgehead atoms. The zero-order chi connectivity index (χ0) is 18.8. The average molecular weight is 388 g/mol. The molecule has 8 heteroatoms. The van der Waals surface area contributed by atoms with Gasteiger partial charge in [-0.25, -0.2) is 4.98 Å². The molecule has 0 saturated carbocycles. The Morgan fingerprint density at radius 2 is 2.26 bits per heavy atom. The van der Waals surface area contributed by atoms with Crippen molar-refractivity contribution >= 4 is 29.1 Å². The third-order valence-electron chi connectivity index (χ3n) is 4.52. The molecule has 0 aliphatic carbocycles. The largest absolute Gasteiger partial charge is 0.436 e. The lowest BCUT2D eigenvalue weighted by molar-refractivity contribution is -0.120. The van der Waals surface area contributed by atoms with Crippen molar-refractivity contribution in [1.29, 1.82) is 0 Å². The second-order valence-electron chi connectivity index (χ2n) is 6.40. The predicted octanol–water partition coefficient (Wildman–Crippen LogP) is 2.78. The molecule has 2 aliphatic rings. The highest BCUT2D eigenvalue weighted by Crippen LogP contribution is 2.39. The quantitative estimate of drug-likeness (QED) is 0.872. The van der Waals surface area contributed by atoms with Gasteiger partial charge in [-0.15, -0.1) is 0 Å². The lowest BCUT2D eigenvalue weighted by Gasteiger charge is -2.22. The first kappa shape index (κ1) is 17.8. The van der Waals surface area contributed by atoms with Crippen LogP contribution in [0.4, 0.5) is 5.69 Å². The van der Waals surface area contributed by atoms with Crippen LogP contribution < -0.4 is 15.0 Å². The first-order chi connectivity index (χ1) is 13.1. The van der Waals surface area contributed by atoms with Gasteiger partial charge in [-0.05, 0) is 43.2 Å². The van der Waals surface area contributed by atoms with Crippen LogP contribution in [0.3, 0.4) is 0 Å². The predicted molar refractivity (Wildman–Crippen MR) is 99.4 cm³/mol. The first-order valence-corrected chi connectivity index (χ1v) is 9.12. The normalized spacial score (nSPS) is 18.3. The number of carbonyl (C=O) groups is 2.